The van der Waals surface area contributed by atoms with Crippen molar-refractivity contribution in [1.82, 2.24) is 0 Å². The zero-order valence-electron chi connectivity index (χ0n) is 7.73. The minimum absolute atomic E-state index is 0.370. The van der Waals surface area contributed by atoms with E-state index in [0.717, 1.165) is 11.0 Å². The first-order valence-corrected chi connectivity index (χ1v) is 4.30. The molecule has 0 amide bonds. The van der Waals surface area contributed by atoms with Crippen LogP contribution in [0.2, 0.25) is 0 Å². The summed E-state index contributed by atoms with van der Waals surface area (Å²) >= 11 is 0. The molecule has 13 heavy (non-hydrogen) atoms. The number of benzene rings is 1. The predicted octanol–water partition coefficient (Wildman–Crippen LogP) is -0.342. The van der Waals surface area contributed by atoms with Crippen molar-refractivity contribution in [1.29, 1.82) is 0 Å². The molecule has 70 valence electrons. The van der Waals surface area contributed by atoms with Gasteiger partial charge in [-0.2, -0.15) is 0 Å². The molecule has 1 aromatic rings. The van der Waals surface area contributed by atoms with Gasteiger partial charge in [-0.1, -0.05) is 29.8 Å². The molecule has 0 bridgehead atoms. The van der Waals surface area contributed by atoms with Gasteiger partial charge in [-0.15, -0.1) is 0 Å². The van der Waals surface area contributed by atoms with Crippen molar-refractivity contribution < 1.29 is 9.68 Å². The van der Waals surface area contributed by atoms with Crippen molar-refractivity contribution in [3.8, 4) is 0 Å². The Labute approximate surface area is 78.7 Å². The van der Waals surface area contributed by atoms with Gasteiger partial charge in [0.2, 0.25) is 0 Å². The summed E-state index contributed by atoms with van der Waals surface area (Å²) in [5, 5.41) is 9.46. The molecule has 0 saturated heterocycles. The normalized spacial score (nSPS) is 10.1. The molecular weight excluding hydrogens is 165 g/mol. The van der Waals surface area contributed by atoms with Crippen molar-refractivity contribution in [3.63, 3.8) is 0 Å². The first kappa shape index (κ1) is 10.2. The zero-order chi connectivity index (χ0) is 9.68. The molecule has 1 aromatic carbocycles. The second-order valence-electron chi connectivity index (χ2n) is 2.92. The maximum Gasteiger partial charge on any atom is 0.491 e. The Kier molecular flexibility index (Phi) is 3.95. The van der Waals surface area contributed by atoms with Crippen molar-refractivity contribution >= 4 is 12.6 Å². The first-order valence-electron chi connectivity index (χ1n) is 4.30. The second-order valence-corrected chi connectivity index (χ2v) is 2.92. The summed E-state index contributed by atoms with van der Waals surface area (Å²) in [7, 11) is -0.857. The van der Waals surface area contributed by atoms with E-state index in [9.17, 15) is 5.02 Å². The lowest BCUT2D eigenvalue weighted by Crippen LogP contribution is -2.35. The maximum atomic E-state index is 9.46. The van der Waals surface area contributed by atoms with Crippen LogP contribution in [0.1, 0.15) is 5.56 Å². The minimum atomic E-state index is -0.857. The van der Waals surface area contributed by atoms with Crippen LogP contribution in [-0.2, 0) is 4.65 Å². The third-order valence-electron chi connectivity index (χ3n) is 1.76. The second kappa shape index (κ2) is 5.02. The number of nitrogens with two attached hydrogens (primary N) is 1. The van der Waals surface area contributed by atoms with E-state index in [4.69, 9.17) is 10.4 Å². The lowest BCUT2D eigenvalue weighted by Gasteiger charge is -2.06. The van der Waals surface area contributed by atoms with Gasteiger partial charge in [-0.25, -0.2) is 0 Å². The standard InChI is InChI=1S/C9H14BNO2/c1-8-2-4-9(5-3-8)10(12)13-7-6-11/h2-5,12H,6-7,11H2,1H3. The molecule has 3 N–H and O–H groups in total. The molecule has 3 nitrogen and oxygen atoms in total. The minimum Gasteiger partial charge on any atom is -0.423 e. The van der Waals surface area contributed by atoms with Crippen LogP contribution in [0.3, 0.4) is 0 Å². The summed E-state index contributed by atoms with van der Waals surface area (Å²) < 4.78 is 5.05. The fourth-order valence-corrected chi connectivity index (χ4v) is 1.01. The molecule has 0 aromatic heterocycles. The van der Waals surface area contributed by atoms with E-state index in [1.54, 1.807) is 0 Å². The molecule has 0 saturated carbocycles. The molecule has 1 rings (SSSR count). The summed E-state index contributed by atoms with van der Waals surface area (Å²) in [6.07, 6.45) is 0. The highest BCUT2D eigenvalue weighted by molar-refractivity contribution is 6.59. The Morgan fingerprint density at radius 2 is 2.00 bits per heavy atom. The average molecular weight is 179 g/mol. The zero-order valence-corrected chi connectivity index (χ0v) is 7.73. The largest absolute Gasteiger partial charge is 0.491 e. The van der Waals surface area contributed by atoms with Gasteiger partial charge in [-0.3, -0.25) is 0 Å². The van der Waals surface area contributed by atoms with Crippen molar-refractivity contribution in [3.05, 3.63) is 29.8 Å². The van der Waals surface area contributed by atoms with Gasteiger partial charge < -0.3 is 15.4 Å². The molecule has 0 aliphatic heterocycles. The van der Waals surface area contributed by atoms with Gasteiger partial charge in [0.15, 0.2) is 0 Å². The SMILES string of the molecule is Cc1ccc(B(O)OCCN)cc1. The molecule has 0 radical (unpaired) electrons. The van der Waals surface area contributed by atoms with Crippen LogP contribution in [0.5, 0.6) is 0 Å². The molecule has 0 aliphatic rings. The highest BCUT2D eigenvalue weighted by atomic mass is 16.5. The molecular formula is C9H14BNO2. The van der Waals surface area contributed by atoms with Crippen LogP contribution in [0.4, 0.5) is 0 Å². The monoisotopic (exact) mass is 179 g/mol. The van der Waals surface area contributed by atoms with Crippen LogP contribution in [0, 0.1) is 6.92 Å². The number of aryl methyl sites for hydroxylation is 1. The van der Waals surface area contributed by atoms with E-state index in [1.807, 2.05) is 31.2 Å². The average Bonchev–Trinajstić information content (AvgIpc) is 2.15. The van der Waals surface area contributed by atoms with Gasteiger partial charge in [0.25, 0.3) is 0 Å². The fraction of sp³-hybridized carbons (Fsp3) is 0.333. The lowest BCUT2D eigenvalue weighted by atomic mass is 9.79. The molecule has 0 aliphatic carbocycles. The van der Waals surface area contributed by atoms with Gasteiger partial charge in [0, 0.05) is 13.2 Å². The van der Waals surface area contributed by atoms with E-state index in [0.29, 0.717) is 13.2 Å². The third-order valence-corrected chi connectivity index (χ3v) is 1.76. The van der Waals surface area contributed by atoms with Crippen molar-refractivity contribution in [2.45, 2.75) is 6.92 Å². The van der Waals surface area contributed by atoms with E-state index in [-0.39, 0.29) is 0 Å². The van der Waals surface area contributed by atoms with Crippen LogP contribution in [0.25, 0.3) is 0 Å². The summed E-state index contributed by atoms with van der Waals surface area (Å²) in [6.45, 7) is 2.79. The Bertz CT molecular complexity index is 250. The highest BCUT2D eigenvalue weighted by Gasteiger charge is 2.14. The van der Waals surface area contributed by atoms with Crippen LogP contribution < -0.4 is 11.2 Å². The quantitative estimate of drug-likeness (QED) is 0.621. The highest BCUT2D eigenvalue weighted by Crippen LogP contribution is 1.94. The number of hydrogen-bond acceptors (Lipinski definition) is 3. The molecule has 0 fully saturated rings. The summed E-state index contributed by atoms with van der Waals surface area (Å²) in [4.78, 5) is 0. The predicted molar refractivity (Wildman–Crippen MR) is 53.8 cm³/mol. The molecule has 4 heteroatoms. The van der Waals surface area contributed by atoms with Gasteiger partial charge in [0.1, 0.15) is 0 Å². The first-order chi connectivity index (χ1) is 6.24. The molecule has 0 unspecified atom stereocenters. The van der Waals surface area contributed by atoms with Crippen LogP contribution >= 0.6 is 0 Å². The van der Waals surface area contributed by atoms with Crippen LogP contribution in [0.15, 0.2) is 24.3 Å². The summed E-state index contributed by atoms with van der Waals surface area (Å²) in [6, 6.07) is 7.56. The van der Waals surface area contributed by atoms with E-state index < -0.39 is 7.12 Å². The summed E-state index contributed by atoms with van der Waals surface area (Å²) in [5.41, 5.74) is 7.17. The van der Waals surface area contributed by atoms with Gasteiger partial charge >= 0.3 is 7.12 Å². The Balaban J connectivity index is 2.55. The molecule has 0 heterocycles. The third kappa shape index (κ3) is 3.18. The number of rotatable bonds is 4. The van der Waals surface area contributed by atoms with Crippen molar-refractivity contribution in [2.24, 2.45) is 5.73 Å². The lowest BCUT2D eigenvalue weighted by molar-refractivity contribution is 0.278. The van der Waals surface area contributed by atoms with E-state index >= 15 is 0 Å². The maximum absolute atomic E-state index is 9.46. The Hall–Kier alpha value is -0.835. The van der Waals surface area contributed by atoms with Crippen LogP contribution in [-0.4, -0.2) is 25.3 Å². The summed E-state index contributed by atoms with van der Waals surface area (Å²) in [5.74, 6) is 0. The molecule has 0 spiro atoms. The van der Waals surface area contributed by atoms with Gasteiger partial charge in [0.05, 0.1) is 0 Å². The molecule has 0 atom stereocenters. The smallest absolute Gasteiger partial charge is 0.423 e. The van der Waals surface area contributed by atoms with E-state index in [2.05, 4.69) is 0 Å². The number of hydrogen-bond donors (Lipinski definition) is 2. The Morgan fingerprint density at radius 3 is 2.54 bits per heavy atom. The van der Waals surface area contributed by atoms with E-state index in [1.165, 1.54) is 0 Å². The topological polar surface area (TPSA) is 55.5 Å². The van der Waals surface area contributed by atoms with Crippen molar-refractivity contribution in [2.75, 3.05) is 13.2 Å². The fourth-order valence-electron chi connectivity index (χ4n) is 1.01. The Morgan fingerprint density at radius 1 is 1.38 bits per heavy atom. The van der Waals surface area contributed by atoms with Gasteiger partial charge in [-0.05, 0) is 12.4 Å².